The third-order valence-electron chi connectivity index (χ3n) is 5.36. The summed E-state index contributed by atoms with van der Waals surface area (Å²) in [5.74, 6) is 1.10. The molecule has 3 rings (SSSR count). The lowest BCUT2D eigenvalue weighted by molar-refractivity contribution is 0.226. The summed E-state index contributed by atoms with van der Waals surface area (Å²) in [5.41, 5.74) is 3.65. The molecule has 1 atom stereocenters. The number of benzene rings is 1. The summed E-state index contributed by atoms with van der Waals surface area (Å²) in [7, 11) is 0. The Bertz CT molecular complexity index is 747. The minimum atomic E-state index is 0.0191. The summed E-state index contributed by atoms with van der Waals surface area (Å²) >= 11 is 0. The van der Waals surface area contributed by atoms with Crippen molar-refractivity contribution in [3.8, 4) is 0 Å². The molecule has 0 spiro atoms. The van der Waals surface area contributed by atoms with Crippen LogP contribution in [0.25, 0.3) is 11.0 Å². The Labute approximate surface area is 139 Å². The third kappa shape index (κ3) is 2.60. The first-order valence-electron chi connectivity index (χ1n) is 8.33. The molecular weight excluding hydrogens is 282 g/mol. The van der Waals surface area contributed by atoms with Crippen LogP contribution >= 0.6 is 0 Å². The number of fused-ring (bicyclic) bond motifs is 1. The van der Waals surface area contributed by atoms with Gasteiger partial charge in [0.25, 0.3) is 0 Å². The topological polar surface area (TPSA) is 16.4 Å². The monoisotopic (exact) mass is 309 g/mol. The molecule has 1 fully saturated rings. The lowest BCUT2D eigenvalue weighted by Crippen LogP contribution is -2.37. The van der Waals surface area contributed by atoms with Crippen LogP contribution in [0.5, 0.6) is 0 Å². The van der Waals surface area contributed by atoms with Crippen molar-refractivity contribution >= 4 is 11.0 Å². The number of furan rings is 1. The van der Waals surface area contributed by atoms with Gasteiger partial charge in [-0.3, -0.25) is 0 Å². The average Bonchev–Trinajstić information content (AvgIpc) is 3.05. The molecule has 0 radical (unpaired) electrons. The summed E-state index contributed by atoms with van der Waals surface area (Å²) in [6, 6.07) is 10.5. The molecule has 0 N–H and O–H groups in total. The highest BCUT2D eigenvalue weighted by molar-refractivity contribution is 5.78. The maximum absolute atomic E-state index is 6.20. The summed E-state index contributed by atoms with van der Waals surface area (Å²) in [6.45, 7) is 16.2. The largest absolute Gasteiger partial charge is 0.460 e. The van der Waals surface area contributed by atoms with E-state index in [1.807, 2.05) is 18.2 Å². The zero-order valence-corrected chi connectivity index (χ0v) is 14.9. The molecular formula is C21H27NO. The number of rotatable bonds is 3. The molecule has 1 aliphatic heterocycles. The lowest BCUT2D eigenvalue weighted by Gasteiger charge is -2.35. The predicted molar refractivity (Wildman–Crippen MR) is 97.5 cm³/mol. The third-order valence-corrected chi connectivity index (χ3v) is 5.36. The molecule has 2 nitrogen and oxygen atoms in total. The fraction of sp³-hybridized carbons (Fsp3) is 0.429. The highest BCUT2D eigenvalue weighted by Crippen LogP contribution is 2.46. The molecule has 1 aromatic heterocycles. The van der Waals surface area contributed by atoms with Gasteiger partial charge in [0.1, 0.15) is 11.3 Å². The van der Waals surface area contributed by atoms with Gasteiger partial charge < -0.3 is 9.32 Å². The second-order valence-electron chi connectivity index (χ2n) is 7.76. The molecule has 2 heteroatoms. The van der Waals surface area contributed by atoms with Crippen molar-refractivity contribution < 1.29 is 4.42 Å². The first-order chi connectivity index (χ1) is 10.8. The maximum Gasteiger partial charge on any atom is 0.134 e. The molecule has 2 heterocycles. The highest BCUT2D eigenvalue weighted by Gasteiger charge is 2.48. The Hall–Kier alpha value is -1.96. The average molecular weight is 309 g/mol. The van der Waals surface area contributed by atoms with Crippen LogP contribution in [0.15, 0.2) is 58.7 Å². The molecule has 1 aliphatic rings. The zero-order valence-electron chi connectivity index (χ0n) is 14.9. The standard InChI is InChI=1S/C21H27NO/c1-7-15(2)16(3)22-14-21(6,13-20(22,4)5)19-12-17-10-8-9-11-18(17)23-19/h7-12H,1,13-14H2,2-6H3/b16-15+. The highest BCUT2D eigenvalue weighted by atomic mass is 16.3. The van der Waals surface area contributed by atoms with Crippen molar-refractivity contribution in [2.75, 3.05) is 6.54 Å². The Morgan fingerprint density at radius 2 is 1.91 bits per heavy atom. The van der Waals surface area contributed by atoms with E-state index in [1.54, 1.807) is 0 Å². The van der Waals surface area contributed by atoms with E-state index in [2.05, 4.69) is 64.3 Å². The molecule has 122 valence electrons. The van der Waals surface area contributed by atoms with Crippen molar-refractivity contribution in [1.29, 1.82) is 0 Å². The van der Waals surface area contributed by atoms with E-state index >= 15 is 0 Å². The van der Waals surface area contributed by atoms with E-state index in [-0.39, 0.29) is 11.0 Å². The van der Waals surface area contributed by atoms with Crippen LogP contribution in [0.4, 0.5) is 0 Å². The van der Waals surface area contributed by atoms with Crippen molar-refractivity contribution in [3.05, 3.63) is 60.0 Å². The van der Waals surface area contributed by atoms with E-state index in [0.717, 1.165) is 24.3 Å². The maximum atomic E-state index is 6.20. The van der Waals surface area contributed by atoms with Gasteiger partial charge in [-0.2, -0.15) is 0 Å². The van der Waals surface area contributed by atoms with Gasteiger partial charge in [0, 0.05) is 28.6 Å². The number of para-hydroxylation sites is 1. The van der Waals surface area contributed by atoms with Gasteiger partial charge in [0.2, 0.25) is 0 Å². The van der Waals surface area contributed by atoms with E-state index < -0.39 is 0 Å². The zero-order chi connectivity index (χ0) is 16.8. The molecule has 0 bridgehead atoms. The first-order valence-corrected chi connectivity index (χ1v) is 8.33. The molecule has 0 amide bonds. The van der Waals surface area contributed by atoms with Gasteiger partial charge in [-0.05, 0) is 51.8 Å². The normalized spacial score (nSPS) is 24.8. The number of likely N-dealkylation sites (tertiary alicyclic amines) is 1. The number of hydrogen-bond donors (Lipinski definition) is 0. The second kappa shape index (κ2) is 5.30. The minimum absolute atomic E-state index is 0.0191. The summed E-state index contributed by atoms with van der Waals surface area (Å²) in [5, 5.41) is 1.19. The van der Waals surface area contributed by atoms with Crippen molar-refractivity contribution in [2.24, 2.45) is 0 Å². The second-order valence-corrected chi connectivity index (χ2v) is 7.76. The predicted octanol–water partition coefficient (Wildman–Crippen LogP) is 5.65. The first kappa shape index (κ1) is 15.9. The van der Waals surface area contributed by atoms with E-state index in [9.17, 15) is 0 Å². The van der Waals surface area contributed by atoms with E-state index in [1.165, 1.54) is 16.7 Å². The SMILES string of the molecule is C=C/C(C)=C(\C)N1CC(C)(c2cc3ccccc3o2)CC1(C)C. The van der Waals surface area contributed by atoms with Gasteiger partial charge in [0.15, 0.2) is 0 Å². The number of hydrogen-bond acceptors (Lipinski definition) is 2. The molecule has 2 aromatic rings. The Balaban J connectivity index is 2.02. The van der Waals surface area contributed by atoms with Crippen LogP contribution in [0.2, 0.25) is 0 Å². The fourth-order valence-corrected chi connectivity index (χ4v) is 4.05. The van der Waals surface area contributed by atoms with E-state index in [0.29, 0.717) is 0 Å². The van der Waals surface area contributed by atoms with Crippen LogP contribution in [0.3, 0.4) is 0 Å². The Morgan fingerprint density at radius 3 is 2.57 bits per heavy atom. The quantitative estimate of drug-likeness (QED) is 0.681. The van der Waals surface area contributed by atoms with Crippen LogP contribution < -0.4 is 0 Å². The molecule has 1 aromatic carbocycles. The molecule has 0 aliphatic carbocycles. The van der Waals surface area contributed by atoms with Crippen LogP contribution in [-0.4, -0.2) is 17.0 Å². The van der Waals surface area contributed by atoms with Crippen molar-refractivity contribution in [3.63, 3.8) is 0 Å². The Morgan fingerprint density at radius 1 is 1.22 bits per heavy atom. The fourth-order valence-electron chi connectivity index (χ4n) is 4.05. The summed E-state index contributed by atoms with van der Waals surface area (Å²) in [4.78, 5) is 2.51. The smallest absolute Gasteiger partial charge is 0.134 e. The van der Waals surface area contributed by atoms with Gasteiger partial charge >= 0.3 is 0 Å². The molecule has 23 heavy (non-hydrogen) atoms. The Kier molecular flexibility index (Phi) is 3.66. The number of allylic oxidation sites excluding steroid dienone is 3. The molecule has 1 saturated heterocycles. The van der Waals surface area contributed by atoms with Crippen molar-refractivity contribution in [1.82, 2.24) is 4.90 Å². The van der Waals surface area contributed by atoms with Crippen LogP contribution in [0.1, 0.15) is 46.8 Å². The van der Waals surface area contributed by atoms with Crippen LogP contribution in [0, 0.1) is 0 Å². The van der Waals surface area contributed by atoms with Gasteiger partial charge in [0.05, 0.1) is 0 Å². The van der Waals surface area contributed by atoms with Gasteiger partial charge in [-0.15, -0.1) is 0 Å². The van der Waals surface area contributed by atoms with Crippen molar-refractivity contribution in [2.45, 2.75) is 52.0 Å². The molecule has 0 saturated carbocycles. The van der Waals surface area contributed by atoms with Gasteiger partial charge in [-0.1, -0.05) is 37.8 Å². The lowest BCUT2D eigenvalue weighted by atomic mass is 9.81. The minimum Gasteiger partial charge on any atom is -0.460 e. The molecule has 1 unspecified atom stereocenters. The van der Waals surface area contributed by atoms with Gasteiger partial charge in [-0.25, -0.2) is 0 Å². The van der Waals surface area contributed by atoms with E-state index in [4.69, 9.17) is 4.42 Å². The number of nitrogens with zero attached hydrogens (tertiary/aromatic N) is 1. The summed E-state index contributed by atoms with van der Waals surface area (Å²) in [6.07, 6.45) is 3.02. The van der Waals surface area contributed by atoms with Crippen LogP contribution in [-0.2, 0) is 5.41 Å². The summed E-state index contributed by atoms with van der Waals surface area (Å²) < 4.78 is 6.20.